The summed E-state index contributed by atoms with van der Waals surface area (Å²) in [7, 11) is 0. The van der Waals surface area contributed by atoms with Crippen molar-refractivity contribution in [3.8, 4) is 11.1 Å². The minimum absolute atomic E-state index is 0.172. The van der Waals surface area contributed by atoms with Crippen LogP contribution in [0, 0.1) is 11.6 Å². The summed E-state index contributed by atoms with van der Waals surface area (Å²) in [6.07, 6.45) is 0.550. The third-order valence-corrected chi connectivity index (χ3v) is 8.42. The maximum Gasteiger partial charge on any atom is 0.335 e. The van der Waals surface area contributed by atoms with Crippen molar-refractivity contribution in [2.45, 2.75) is 19.4 Å². The van der Waals surface area contributed by atoms with Crippen LogP contribution in [0.2, 0.25) is 0 Å². The molecule has 0 radical (unpaired) electrons. The number of carbonyl (C=O) groups excluding carboxylic acids is 1. The molecule has 7 heteroatoms. The van der Waals surface area contributed by atoms with Gasteiger partial charge in [-0.25, -0.2) is 13.6 Å². The van der Waals surface area contributed by atoms with Gasteiger partial charge in [-0.3, -0.25) is 4.79 Å². The molecule has 6 rings (SSSR count). The number of carbonyl (C=O) groups is 2. The summed E-state index contributed by atoms with van der Waals surface area (Å²) in [5.41, 5.74) is 4.98. The third kappa shape index (κ3) is 5.51. The molecule has 0 saturated carbocycles. The highest BCUT2D eigenvalue weighted by Gasteiger charge is 2.20. The zero-order valence-corrected chi connectivity index (χ0v) is 23.3. The van der Waals surface area contributed by atoms with E-state index in [-0.39, 0.29) is 29.1 Å². The first kappa shape index (κ1) is 27.3. The van der Waals surface area contributed by atoms with Gasteiger partial charge in [0.25, 0.3) is 5.91 Å². The lowest BCUT2D eigenvalue weighted by atomic mass is 9.95. The fourth-order valence-corrected chi connectivity index (χ4v) is 6.24. The lowest BCUT2D eigenvalue weighted by Gasteiger charge is -2.17. The Kier molecular flexibility index (Phi) is 7.27. The molecule has 0 aliphatic heterocycles. The minimum atomic E-state index is -1.01. The highest BCUT2D eigenvalue weighted by atomic mass is 32.1. The molecule has 1 atom stereocenters. The number of halogens is 2. The average molecular weight is 578 g/mol. The molecule has 6 aromatic rings. The Bertz CT molecular complexity index is 1960. The van der Waals surface area contributed by atoms with Crippen LogP contribution >= 0.6 is 11.3 Å². The topological polar surface area (TPSA) is 66.4 Å². The summed E-state index contributed by atoms with van der Waals surface area (Å²) in [6.45, 7) is 1.84. The number of nitrogens with one attached hydrogen (secondary N) is 1. The van der Waals surface area contributed by atoms with Gasteiger partial charge < -0.3 is 10.4 Å². The predicted octanol–water partition coefficient (Wildman–Crippen LogP) is 8.78. The number of hydrogen-bond acceptors (Lipinski definition) is 3. The Morgan fingerprint density at radius 3 is 2.26 bits per heavy atom. The lowest BCUT2D eigenvalue weighted by Crippen LogP contribution is -2.27. The zero-order chi connectivity index (χ0) is 29.4. The molecule has 0 bridgehead atoms. The average Bonchev–Trinajstić information content (AvgIpc) is 3.39. The van der Waals surface area contributed by atoms with E-state index in [4.69, 9.17) is 0 Å². The molecule has 208 valence electrons. The predicted molar refractivity (Wildman–Crippen MR) is 163 cm³/mol. The fraction of sp³-hybridized carbons (Fsp3) is 0.0857. The zero-order valence-electron chi connectivity index (χ0n) is 22.5. The van der Waals surface area contributed by atoms with E-state index in [2.05, 4.69) is 5.32 Å². The van der Waals surface area contributed by atoms with Gasteiger partial charge in [-0.2, -0.15) is 0 Å². The van der Waals surface area contributed by atoms with Crippen LogP contribution in [-0.2, 0) is 6.42 Å². The van der Waals surface area contributed by atoms with E-state index in [0.29, 0.717) is 12.0 Å². The van der Waals surface area contributed by atoms with Gasteiger partial charge in [0.1, 0.15) is 11.6 Å². The second kappa shape index (κ2) is 11.2. The number of hydrogen-bond donors (Lipinski definition) is 2. The number of fused-ring (bicyclic) bond motifs is 2. The summed E-state index contributed by atoms with van der Waals surface area (Å²) in [5.74, 6) is -1.92. The first-order valence-electron chi connectivity index (χ1n) is 13.4. The normalized spacial score (nSPS) is 12.0. The van der Waals surface area contributed by atoms with E-state index in [1.54, 1.807) is 30.3 Å². The van der Waals surface area contributed by atoms with Crippen LogP contribution in [0.3, 0.4) is 0 Å². The maximum absolute atomic E-state index is 13.9. The first-order chi connectivity index (χ1) is 20.2. The van der Waals surface area contributed by atoms with Crippen molar-refractivity contribution in [2.24, 2.45) is 0 Å². The molecule has 0 spiro atoms. The van der Waals surface area contributed by atoms with Gasteiger partial charge in [0.2, 0.25) is 0 Å². The second-order valence-corrected chi connectivity index (χ2v) is 11.2. The highest BCUT2D eigenvalue weighted by Crippen LogP contribution is 2.36. The molecular formula is C35H25F2NO3S. The number of carboxylic acid groups (broad SMARTS) is 1. The van der Waals surface area contributed by atoms with Crippen LogP contribution in [0.1, 0.15) is 50.4 Å². The van der Waals surface area contributed by atoms with Gasteiger partial charge in [0.05, 0.1) is 11.6 Å². The molecule has 0 unspecified atom stereocenters. The number of amides is 1. The smallest absolute Gasteiger partial charge is 0.335 e. The van der Waals surface area contributed by atoms with E-state index in [1.807, 2.05) is 42.6 Å². The van der Waals surface area contributed by atoms with Gasteiger partial charge >= 0.3 is 5.97 Å². The molecule has 1 heterocycles. The van der Waals surface area contributed by atoms with Crippen LogP contribution in [0.5, 0.6) is 0 Å². The van der Waals surface area contributed by atoms with Crippen LogP contribution in [0.15, 0.2) is 102 Å². The molecule has 2 N–H and O–H groups in total. The standard InChI is InChI=1S/C35H25F2NO3S/c1-20(22-4-6-25(7-5-22)35(40)41)38-34(39)31-17-27(24-8-11-29(36)12-9-24)18-32-33(31)28(19-42-32)15-21-2-3-23-10-13-30(37)16-26(23)14-21/h2-14,16-20H,15H2,1H3,(H,38,39)(H,40,41)/t20-/m0/s1. The van der Waals surface area contributed by atoms with Crippen LogP contribution in [-0.4, -0.2) is 17.0 Å². The Balaban J connectivity index is 1.40. The Morgan fingerprint density at radius 1 is 0.810 bits per heavy atom. The number of carboxylic acids is 1. The number of rotatable bonds is 7. The van der Waals surface area contributed by atoms with Crippen molar-refractivity contribution >= 4 is 44.1 Å². The molecule has 0 saturated heterocycles. The number of benzene rings is 5. The third-order valence-electron chi connectivity index (χ3n) is 7.44. The SMILES string of the molecule is C[C@H](NC(=O)c1cc(-c2ccc(F)cc2)cc2scc(Cc3ccc4ccc(F)cc4c3)c12)c1ccc(C(=O)O)cc1. The molecule has 1 aromatic heterocycles. The van der Waals surface area contributed by atoms with E-state index >= 15 is 0 Å². The molecule has 0 aliphatic rings. The van der Waals surface area contributed by atoms with Gasteiger partial charge in [-0.1, -0.05) is 48.5 Å². The fourth-order valence-electron chi connectivity index (χ4n) is 5.22. The molecule has 42 heavy (non-hydrogen) atoms. The maximum atomic E-state index is 13.9. The van der Waals surface area contributed by atoms with Gasteiger partial charge in [-0.05, 0) is 106 Å². The molecule has 4 nitrogen and oxygen atoms in total. The van der Waals surface area contributed by atoms with Crippen molar-refractivity contribution in [2.75, 3.05) is 0 Å². The van der Waals surface area contributed by atoms with E-state index in [1.165, 1.54) is 47.7 Å². The Morgan fingerprint density at radius 2 is 1.52 bits per heavy atom. The monoisotopic (exact) mass is 577 g/mol. The van der Waals surface area contributed by atoms with Crippen LogP contribution in [0.4, 0.5) is 8.78 Å². The molecule has 1 amide bonds. The van der Waals surface area contributed by atoms with E-state index in [0.717, 1.165) is 48.7 Å². The second-order valence-electron chi connectivity index (χ2n) is 10.3. The van der Waals surface area contributed by atoms with Crippen LogP contribution in [0.25, 0.3) is 32.0 Å². The van der Waals surface area contributed by atoms with Crippen molar-refractivity contribution < 1.29 is 23.5 Å². The summed E-state index contributed by atoms with van der Waals surface area (Å²) in [4.78, 5) is 25.1. The molecule has 0 aliphatic carbocycles. The molecular weight excluding hydrogens is 552 g/mol. The number of aromatic carboxylic acids is 1. The van der Waals surface area contributed by atoms with Crippen molar-refractivity contribution in [1.29, 1.82) is 0 Å². The summed E-state index contributed by atoms with van der Waals surface area (Å²) < 4.78 is 28.5. The highest BCUT2D eigenvalue weighted by molar-refractivity contribution is 7.17. The van der Waals surface area contributed by atoms with Gasteiger partial charge in [-0.15, -0.1) is 11.3 Å². The summed E-state index contributed by atoms with van der Waals surface area (Å²) >= 11 is 1.53. The van der Waals surface area contributed by atoms with Crippen molar-refractivity contribution in [1.82, 2.24) is 5.32 Å². The van der Waals surface area contributed by atoms with Crippen molar-refractivity contribution in [3.63, 3.8) is 0 Å². The van der Waals surface area contributed by atoms with Crippen LogP contribution < -0.4 is 5.32 Å². The van der Waals surface area contributed by atoms with E-state index in [9.17, 15) is 23.5 Å². The van der Waals surface area contributed by atoms with Gasteiger partial charge in [0.15, 0.2) is 0 Å². The van der Waals surface area contributed by atoms with E-state index < -0.39 is 5.97 Å². The minimum Gasteiger partial charge on any atom is -0.478 e. The summed E-state index contributed by atoms with van der Waals surface area (Å²) in [6, 6.07) is 26.7. The largest absolute Gasteiger partial charge is 0.478 e. The number of thiophene rings is 1. The Labute approximate surface area is 244 Å². The van der Waals surface area contributed by atoms with Gasteiger partial charge in [0, 0.05) is 15.6 Å². The first-order valence-corrected chi connectivity index (χ1v) is 14.3. The Hall–Kier alpha value is -4.88. The molecule has 0 fully saturated rings. The summed E-state index contributed by atoms with van der Waals surface area (Å²) in [5, 5.41) is 16.9. The van der Waals surface area contributed by atoms with Crippen molar-refractivity contribution in [3.05, 3.63) is 142 Å². The quantitative estimate of drug-likeness (QED) is 0.199. The molecule has 5 aromatic carbocycles. The lowest BCUT2D eigenvalue weighted by molar-refractivity contribution is 0.0696.